The number of hydrogen-bond donors (Lipinski definition) is 1. The summed E-state index contributed by atoms with van der Waals surface area (Å²) in [5.74, 6) is 0. The quantitative estimate of drug-likeness (QED) is 0.717. The van der Waals surface area contributed by atoms with Crippen molar-refractivity contribution in [3.8, 4) is 0 Å². The molecular formula is C12H26O2. The Morgan fingerprint density at radius 1 is 1.21 bits per heavy atom. The van der Waals surface area contributed by atoms with Crippen LogP contribution in [0, 0.1) is 5.41 Å². The molecule has 0 heterocycles. The van der Waals surface area contributed by atoms with Crippen molar-refractivity contribution in [3.05, 3.63) is 0 Å². The monoisotopic (exact) mass is 202 g/mol. The van der Waals surface area contributed by atoms with Crippen LogP contribution in [0.5, 0.6) is 0 Å². The Hall–Kier alpha value is -0.0800. The molecule has 1 N–H and O–H groups in total. The summed E-state index contributed by atoms with van der Waals surface area (Å²) in [5, 5.41) is 9.98. The first-order chi connectivity index (χ1) is 6.43. The van der Waals surface area contributed by atoms with Crippen LogP contribution in [0.2, 0.25) is 0 Å². The van der Waals surface area contributed by atoms with E-state index in [1.165, 1.54) is 0 Å². The summed E-state index contributed by atoms with van der Waals surface area (Å²) < 4.78 is 5.62. The van der Waals surface area contributed by atoms with E-state index in [4.69, 9.17) is 4.74 Å². The highest BCUT2D eigenvalue weighted by Crippen LogP contribution is 2.27. The lowest BCUT2D eigenvalue weighted by atomic mass is 9.84. The van der Waals surface area contributed by atoms with Gasteiger partial charge in [0.1, 0.15) is 0 Å². The molecule has 0 aromatic rings. The van der Waals surface area contributed by atoms with Gasteiger partial charge >= 0.3 is 0 Å². The molecule has 86 valence electrons. The van der Waals surface area contributed by atoms with Gasteiger partial charge in [-0.25, -0.2) is 0 Å². The van der Waals surface area contributed by atoms with E-state index in [1.54, 1.807) is 0 Å². The van der Waals surface area contributed by atoms with E-state index in [2.05, 4.69) is 27.7 Å². The van der Waals surface area contributed by atoms with Gasteiger partial charge < -0.3 is 9.84 Å². The molecule has 0 aliphatic carbocycles. The fourth-order valence-corrected chi connectivity index (χ4v) is 1.68. The van der Waals surface area contributed by atoms with Crippen LogP contribution in [-0.4, -0.2) is 23.9 Å². The largest absolute Gasteiger partial charge is 0.390 e. The molecule has 0 radical (unpaired) electrons. The minimum atomic E-state index is -0.324. The summed E-state index contributed by atoms with van der Waals surface area (Å²) in [6.45, 7) is 11.1. The van der Waals surface area contributed by atoms with E-state index in [0.29, 0.717) is 6.61 Å². The zero-order chi connectivity index (χ0) is 11.2. The predicted octanol–water partition coefficient (Wildman–Crippen LogP) is 2.99. The smallest absolute Gasteiger partial charge is 0.0881 e. The van der Waals surface area contributed by atoms with E-state index in [1.807, 2.05) is 6.92 Å². The fourth-order valence-electron chi connectivity index (χ4n) is 1.68. The summed E-state index contributed by atoms with van der Waals surface area (Å²) in [6, 6.07) is 0. The van der Waals surface area contributed by atoms with Crippen LogP contribution in [-0.2, 0) is 4.74 Å². The highest BCUT2D eigenvalue weighted by molar-refractivity contribution is 4.81. The van der Waals surface area contributed by atoms with Gasteiger partial charge in [-0.3, -0.25) is 0 Å². The Labute approximate surface area is 88.7 Å². The molecule has 0 aromatic heterocycles. The number of aliphatic hydroxyl groups excluding tert-OH is 1. The summed E-state index contributed by atoms with van der Waals surface area (Å²) in [6.07, 6.45) is 2.67. The molecule has 2 unspecified atom stereocenters. The van der Waals surface area contributed by atoms with Crippen molar-refractivity contribution in [2.24, 2.45) is 5.41 Å². The first kappa shape index (κ1) is 13.9. The molecule has 0 aliphatic rings. The first-order valence-electron chi connectivity index (χ1n) is 5.73. The Morgan fingerprint density at radius 3 is 2.14 bits per heavy atom. The van der Waals surface area contributed by atoms with Crippen molar-refractivity contribution < 1.29 is 9.84 Å². The number of hydrogen-bond acceptors (Lipinski definition) is 2. The van der Waals surface area contributed by atoms with E-state index in [-0.39, 0.29) is 17.6 Å². The third-order valence-electron chi connectivity index (χ3n) is 2.40. The Kier molecular flexibility index (Phi) is 6.38. The maximum absolute atomic E-state index is 9.98. The third kappa shape index (κ3) is 4.97. The van der Waals surface area contributed by atoms with E-state index in [9.17, 15) is 5.11 Å². The van der Waals surface area contributed by atoms with Gasteiger partial charge in [0.25, 0.3) is 0 Å². The molecular weight excluding hydrogens is 176 g/mol. The highest BCUT2D eigenvalue weighted by Gasteiger charge is 2.31. The molecule has 0 saturated carbocycles. The number of aliphatic hydroxyl groups is 1. The molecule has 14 heavy (non-hydrogen) atoms. The van der Waals surface area contributed by atoms with Crippen LogP contribution < -0.4 is 0 Å². The second-order valence-corrected chi connectivity index (χ2v) is 4.95. The van der Waals surface area contributed by atoms with Crippen molar-refractivity contribution >= 4 is 0 Å². The second-order valence-electron chi connectivity index (χ2n) is 4.95. The molecule has 0 rings (SSSR count). The van der Waals surface area contributed by atoms with Crippen molar-refractivity contribution in [1.29, 1.82) is 0 Å². The lowest BCUT2D eigenvalue weighted by molar-refractivity contribution is -0.0907. The van der Waals surface area contributed by atoms with Gasteiger partial charge in [0, 0.05) is 6.61 Å². The minimum absolute atomic E-state index is 0.0170. The van der Waals surface area contributed by atoms with Crippen LogP contribution in [0.3, 0.4) is 0 Å². The second kappa shape index (κ2) is 6.41. The van der Waals surface area contributed by atoms with Gasteiger partial charge in [-0.05, 0) is 18.8 Å². The predicted molar refractivity (Wildman–Crippen MR) is 60.4 cm³/mol. The van der Waals surface area contributed by atoms with Crippen molar-refractivity contribution in [1.82, 2.24) is 0 Å². The summed E-state index contributed by atoms with van der Waals surface area (Å²) in [5.41, 5.74) is 0.0170. The average molecular weight is 202 g/mol. The van der Waals surface area contributed by atoms with Gasteiger partial charge in [0.15, 0.2) is 0 Å². The van der Waals surface area contributed by atoms with Crippen molar-refractivity contribution in [3.63, 3.8) is 0 Å². The van der Waals surface area contributed by atoms with Crippen LogP contribution >= 0.6 is 0 Å². The highest BCUT2D eigenvalue weighted by atomic mass is 16.5. The van der Waals surface area contributed by atoms with Gasteiger partial charge in [0.05, 0.1) is 12.2 Å². The third-order valence-corrected chi connectivity index (χ3v) is 2.40. The normalized spacial score (nSPS) is 16.7. The zero-order valence-corrected chi connectivity index (χ0v) is 10.3. The van der Waals surface area contributed by atoms with E-state index < -0.39 is 0 Å². The van der Waals surface area contributed by atoms with Gasteiger partial charge in [-0.15, -0.1) is 0 Å². The minimum Gasteiger partial charge on any atom is -0.390 e. The van der Waals surface area contributed by atoms with Gasteiger partial charge in [-0.2, -0.15) is 0 Å². The molecule has 0 spiro atoms. The van der Waals surface area contributed by atoms with Crippen LogP contribution in [0.15, 0.2) is 0 Å². The average Bonchev–Trinajstić information content (AvgIpc) is 2.08. The summed E-state index contributed by atoms with van der Waals surface area (Å²) >= 11 is 0. The van der Waals surface area contributed by atoms with Crippen molar-refractivity contribution in [2.45, 2.75) is 66.1 Å². The summed E-state index contributed by atoms with van der Waals surface area (Å²) in [7, 11) is 0. The molecule has 0 amide bonds. The van der Waals surface area contributed by atoms with E-state index in [0.717, 1.165) is 19.3 Å². The van der Waals surface area contributed by atoms with E-state index >= 15 is 0 Å². The van der Waals surface area contributed by atoms with Gasteiger partial charge in [0.2, 0.25) is 0 Å². The molecule has 2 heteroatoms. The maximum atomic E-state index is 9.98. The van der Waals surface area contributed by atoms with Crippen molar-refractivity contribution in [2.75, 3.05) is 6.61 Å². The SMILES string of the molecule is CCCCC(O)C(OCC)C(C)(C)C. The molecule has 2 atom stereocenters. The summed E-state index contributed by atoms with van der Waals surface area (Å²) in [4.78, 5) is 0. The number of unbranched alkanes of at least 4 members (excludes halogenated alkanes) is 1. The van der Waals surface area contributed by atoms with Crippen LogP contribution in [0.25, 0.3) is 0 Å². The lowest BCUT2D eigenvalue weighted by Gasteiger charge is -2.34. The van der Waals surface area contributed by atoms with Crippen LogP contribution in [0.4, 0.5) is 0 Å². The Morgan fingerprint density at radius 2 is 1.79 bits per heavy atom. The molecule has 0 fully saturated rings. The Bertz CT molecular complexity index is 138. The fraction of sp³-hybridized carbons (Fsp3) is 1.00. The standard InChI is InChI=1S/C12H26O2/c1-6-8-9-10(13)11(14-7-2)12(3,4)5/h10-11,13H,6-9H2,1-5H3. The van der Waals surface area contributed by atoms with Crippen LogP contribution in [0.1, 0.15) is 53.9 Å². The topological polar surface area (TPSA) is 29.5 Å². The maximum Gasteiger partial charge on any atom is 0.0881 e. The first-order valence-corrected chi connectivity index (χ1v) is 5.73. The molecule has 0 aromatic carbocycles. The van der Waals surface area contributed by atoms with Gasteiger partial charge in [-0.1, -0.05) is 40.5 Å². The Balaban J connectivity index is 4.18. The molecule has 2 nitrogen and oxygen atoms in total. The zero-order valence-electron chi connectivity index (χ0n) is 10.3. The molecule has 0 bridgehead atoms. The molecule has 0 saturated heterocycles. The molecule has 0 aliphatic heterocycles. The lowest BCUT2D eigenvalue weighted by Crippen LogP contribution is -2.40. The number of rotatable bonds is 6. The number of ether oxygens (including phenoxy) is 1.